The molecular weight excluding hydrogens is 126 g/mol. The molecule has 0 radical (unpaired) electrons. The fraction of sp³-hybridized carbons (Fsp3) is 0.375. The SMILES string of the molecule is CC(C)O.c1cc2ncc1-2. The fourth-order valence-electron chi connectivity index (χ4n) is 0.554. The normalized spacial score (nSPS) is 10.4. The molecule has 10 heavy (non-hydrogen) atoms. The molecule has 0 aromatic carbocycles. The van der Waals surface area contributed by atoms with Gasteiger partial charge in [-0.15, -0.1) is 0 Å². The highest BCUT2D eigenvalue weighted by molar-refractivity contribution is 5.68. The van der Waals surface area contributed by atoms with Crippen LogP contribution in [0.4, 0.5) is 0 Å². The van der Waals surface area contributed by atoms with Crippen LogP contribution < -0.4 is 0 Å². The van der Waals surface area contributed by atoms with E-state index in [2.05, 4.69) is 11.1 Å². The van der Waals surface area contributed by atoms with Crippen molar-refractivity contribution in [3.8, 4) is 11.3 Å². The van der Waals surface area contributed by atoms with E-state index in [0.29, 0.717) is 0 Å². The summed E-state index contributed by atoms with van der Waals surface area (Å²) in [6, 6.07) is 4.07. The molecule has 2 heteroatoms. The van der Waals surface area contributed by atoms with Crippen molar-refractivity contribution in [2.24, 2.45) is 0 Å². The molecule has 2 aliphatic rings. The van der Waals surface area contributed by atoms with E-state index >= 15 is 0 Å². The highest BCUT2D eigenvalue weighted by Gasteiger charge is 2.06. The summed E-state index contributed by atoms with van der Waals surface area (Å²) in [6.45, 7) is 3.44. The van der Waals surface area contributed by atoms with Gasteiger partial charge in [-0.05, 0) is 26.0 Å². The van der Waals surface area contributed by atoms with Gasteiger partial charge in [-0.25, -0.2) is 0 Å². The third-order valence-electron chi connectivity index (χ3n) is 1.06. The molecule has 0 saturated carbocycles. The number of aliphatic hydroxyl groups excluding tert-OH is 1. The van der Waals surface area contributed by atoms with Gasteiger partial charge in [0.1, 0.15) is 0 Å². The van der Waals surface area contributed by atoms with Gasteiger partial charge in [0.2, 0.25) is 0 Å². The van der Waals surface area contributed by atoms with Crippen LogP contribution in [0.1, 0.15) is 13.8 Å². The van der Waals surface area contributed by atoms with Crippen LogP contribution in [0.5, 0.6) is 0 Å². The largest absolute Gasteiger partial charge is 0.394 e. The highest BCUT2D eigenvalue weighted by atomic mass is 16.3. The average molecular weight is 137 g/mol. The minimum atomic E-state index is -0.167. The summed E-state index contributed by atoms with van der Waals surface area (Å²) >= 11 is 0. The van der Waals surface area contributed by atoms with E-state index in [1.54, 1.807) is 13.8 Å². The molecule has 0 saturated heterocycles. The minimum Gasteiger partial charge on any atom is -0.394 e. The Morgan fingerprint density at radius 3 is 1.90 bits per heavy atom. The summed E-state index contributed by atoms with van der Waals surface area (Å²) in [5.41, 5.74) is 2.49. The summed E-state index contributed by atoms with van der Waals surface area (Å²) in [5.74, 6) is 0. The third-order valence-corrected chi connectivity index (χ3v) is 1.06. The Morgan fingerprint density at radius 2 is 1.90 bits per heavy atom. The summed E-state index contributed by atoms with van der Waals surface area (Å²) in [6.07, 6.45) is 1.70. The van der Waals surface area contributed by atoms with Crippen LogP contribution in [0.15, 0.2) is 18.3 Å². The van der Waals surface area contributed by atoms with Crippen molar-refractivity contribution in [1.29, 1.82) is 0 Å². The number of aliphatic hydroxyl groups is 1. The molecule has 1 heterocycles. The summed E-state index contributed by atoms with van der Waals surface area (Å²) in [4.78, 5) is 3.91. The number of fused-ring (bicyclic) bond motifs is 1. The van der Waals surface area contributed by atoms with Gasteiger partial charge in [0.15, 0.2) is 0 Å². The number of rotatable bonds is 0. The molecule has 0 unspecified atom stereocenters. The van der Waals surface area contributed by atoms with Crippen molar-refractivity contribution in [1.82, 2.24) is 4.98 Å². The minimum absolute atomic E-state index is 0.167. The Balaban J connectivity index is 0.000000112. The second-order valence-corrected chi connectivity index (χ2v) is 2.53. The zero-order valence-electron chi connectivity index (χ0n) is 6.20. The Morgan fingerprint density at radius 1 is 1.40 bits per heavy atom. The molecular formula is C8H11NO. The number of hydrogen-bond donors (Lipinski definition) is 1. The molecule has 2 rings (SSSR count). The van der Waals surface area contributed by atoms with Gasteiger partial charge in [-0.1, -0.05) is 0 Å². The van der Waals surface area contributed by atoms with Crippen LogP contribution in [0, 0.1) is 0 Å². The predicted octanol–water partition coefficient (Wildman–Crippen LogP) is 1.45. The van der Waals surface area contributed by atoms with Crippen molar-refractivity contribution in [2.75, 3.05) is 0 Å². The molecule has 0 bridgehead atoms. The molecule has 0 fully saturated rings. The van der Waals surface area contributed by atoms with Crippen LogP contribution >= 0.6 is 0 Å². The van der Waals surface area contributed by atoms with Gasteiger partial charge in [0.05, 0.1) is 5.69 Å². The number of hydrogen-bond acceptors (Lipinski definition) is 2. The molecule has 1 N–H and O–H groups in total. The van der Waals surface area contributed by atoms with Gasteiger partial charge in [0, 0.05) is 17.9 Å². The van der Waals surface area contributed by atoms with Crippen LogP contribution in [0.2, 0.25) is 0 Å². The van der Waals surface area contributed by atoms with Crippen LogP contribution in [-0.4, -0.2) is 16.2 Å². The van der Waals surface area contributed by atoms with Gasteiger partial charge < -0.3 is 5.11 Å². The van der Waals surface area contributed by atoms with E-state index in [1.165, 1.54) is 11.3 Å². The lowest BCUT2D eigenvalue weighted by Crippen LogP contribution is -1.92. The first-order valence-electron chi connectivity index (χ1n) is 3.34. The molecule has 0 aromatic heterocycles. The average Bonchev–Trinajstić information content (AvgIpc) is 1.77. The molecule has 1 aliphatic heterocycles. The Hall–Kier alpha value is -0.890. The molecule has 54 valence electrons. The maximum atomic E-state index is 8.06. The van der Waals surface area contributed by atoms with Gasteiger partial charge in [0.25, 0.3) is 0 Å². The molecule has 2 nitrogen and oxygen atoms in total. The first-order chi connectivity index (χ1) is 4.70. The van der Waals surface area contributed by atoms with E-state index in [0.717, 1.165) is 0 Å². The lowest BCUT2D eigenvalue weighted by Gasteiger charge is -2.08. The molecule has 1 aliphatic carbocycles. The second-order valence-electron chi connectivity index (χ2n) is 2.53. The van der Waals surface area contributed by atoms with Gasteiger partial charge in [-0.2, -0.15) is 0 Å². The van der Waals surface area contributed by atoms with Crippen LogP contribution in [0.25, 0.3) is 11.3 Å². The van der Waals surface area contributed by atoms with Gasteiger partial charge in [-0.3, -0.25) is 4.98 Å². The monoisotopic (exact) mass is 137 g/mol. The lowest BCUT2D eigenvalue weighted by atomic mass is 10.1. The topological polar surface area (TPSA) is 33.1 Å². The zero-order valence-corrected chi connectivity index (χ0v) is 6.20. The molecule has 0 amide bonds. The van der Waals surface area contributed by atoms with Crippen molar-refractivity contribution in [3.63, 3.8) is 0 Å². The third kappa shape index (κ3) is 1.54. The quantitative estimate of drug-likeness (QED) is 0.596. The predicted molar refractivity (Wildman–Crippen MR) is 40.6 cm³/mol. The summed E-state index contributed by atoms with van der Waals surface area (Å²) in [5, 5.41) is 8.06. The first kappa shape index (κ1) is 7.22. The highest BCUT2D eigenvalue weighted by Crippen LogP contribution is 2.25. The van der Waals surface area contributed by atoms with E-state index in [-0.39, 0.29) is 6.10 Å². The molecule has 0 aromatic rings. The summed E-state index contributed by atoms with van der Waals surface area (Å²) < 4.78 is 0. The Kier molecular flexibility index (Phi) is 2.02. The van der Waals surface area contributed by atoms with Gasteiger partial charge >= 0.3 is 0 Å². The van der Waals surface area contributed by atoms with Crippen LogP contribution in [0.3, 0.4) is 0 Å². The Bertz CT molecular complexity index is 179. The standard InChI is InChI=1S/C5H3N.C3H8O/c1-2-5-4(1)3-6-5;1-3(2)4/h1-3H;3-4H,1-2H3. The fourth-order valence-corrected chi connectivity index (χ4v) is 0.554. The second kappa shape index (κ2) is 2.80. The maximum Gasteiger partial charge on any atom is 0.0717 e. The lowest BCUT2D eigenvalue weighted by molar-refractivity contribution is 0.216. The van der Waals surface area contributed by atoms with E-state index < -0.39 is 0 Å². The zero-order chi connectivity index (χ0) is 7.56. The van der Waals surface area contributed by atoms with Crippen molar-refractivity contribution < 1.29 is 5.11 Å². The van der Waals surface area contributed by atoms with E-state index in [9.17, 15) is 0 Å². The maximum absolute atomic E-state index is 8.06. The first-order valence-corrected chi connectivity index (χ1v) is 3.34. The Labute approximate surface area is 60.5 Å². The number of aromatic nitrogens is 1. The van der Waals surface area contributed by atoms with Crippen molar-refractivity contribution in [2.45, 2.75) is 20.0 Å². The van der Waals surface area contributed by atoms with Crippen molar-refractivity contribution >= 4 is 0 Å². The number of pyridine rings is 1. The smallest absolute Gasteiger partial charge is 0.0717 e. The molecule has 0 spiro atoms. The number of nitrogens with zero attached hydrogens (tertiary/aromatic N) is 1. The van der Waals surface area contributed by atoms with Crippen molar-refractivity contribution in [3.05, 3.63) is 18.3 Å². The molecule has 0 atom stereocenters. The summed E-state index contributed by atoms with van der Waals surface area (Å²) in [7, 11) is 0. The van der Waals surface area contributed by atoms with E-state index in [4.69, 9.17) is 5.11 Å². The van der Waals surface area contributed by atoms with E-state index in [1.807, 2.05) is 12.3 Å². The van der Waals surface area contributed by atoms with Crippen LogP contribution in [-0.2, 0) is 0 Å².